The van der Waals surface area contributed by atoms with Crippen LogP contribution in [0.2, 0.25) is 0 Å². The number of fused-ring (bicyclic) bond motifs is 2. The molecule has 4 aromatic rings. The number of nitrogens with one attached hydrogen (secondary N) is 2. The van der Waals surface area contributed by atoms with Gasteiger partial charge in [0.1, 0.15) is 29.7 Å². The topological polar surface area (TPSA) is 191 Å². The highest BCUT2D eigenvalue weighted by Crippen LogP contribution is 2.40. The number of oxime groups is 1. The molecule has 0 spiro atoms. The van der Waals surface area contributed by atoms with Crippen LogP contribution in [0.1, 0.15) is 34.5 Å². The third kappa shape index (κ3) is 6.41. The second-order valence-corrected chi connectivity index (χ2v) is 14.0. The van der Waals surface area contributed by atoms with Gasteiger partial charge < -0.3 is 30.4 Å². The molecule has 6 heterocycles. The van der Waals surface area contributed by atoms with Crippen LogP contribution in [0.3, 0.4) is 0 Å². The number of pyridine rings is 1. The lowest BCUT2D eigenvalue weighted by Crippen LogP contribution is -2.71. The van der Waals surface area contributed by atoms with Crippen molar-refractivity contribution in [2.24, 2.45) is 5.16 Å². The molecule has 1 aromatic carbocycles. The van der Waals surface area contributed by atoms with Gasteiger partial charge in [0.15, 0.2) is 23.6 Å². The van der Waals surface area contributed by atoms with Crippen LogP contribution in [0.5, 0.6) is 0 Å². The number of hydrogen-bond donors (Lipinski definition) is 3. The largest absolute Gasteiger partial charge is 0.543 e. The number of carboxylic acids is 1. The summed E-state index contributed by atoms with van der Waals surface area (Å²) < 4.78 is 4.02. The Balaban J connectivity index is 1.05. The fraction of sp³-hybridized carbons (Fsp3) is 0.303. The number of carboxylic acid groups (broad SMARTS) is 1. The second-order valence-electron chi connectivity index (χ2n) is 12.0. The maximum absolute atomic E-state index is 13.3. The molecule has 3 aliphatic heterocycles. The van der Waals surface area contributed by atoms with E-state index in [4.69, 9.17) is 10.6 Å². The summed E-state index contributed by atoms with van der Waals surface area (Å²) in [4.78, 5) is 61.6. The number of rotatable bonds is 11. The molecular formula is C33H33N9O6S2. The third-order valence-electron chi connectivity index (χ3n) is 8.80. The smallest absolute Gasteiger partial charge is 0.276 e. The zero-order chi connectivity index (χ0) is 34.9. The van der Waals surface area contributed by atoms with Gasteiger partial charge in [0.05, 0.1) is 11.7 Å². The number of thioether (sulfide) groups is 1. The van der Waals surface area contributed by atoms with E-state index in [1.165, 1.54) is 23.8 Å². The van der Waals surface area contributed by atoms with E-state index in [0.29, 0.717) is 23.4 Å². The number of aromatic nitrogens is 3. The summed E-state index contributed by atoms with van der Waals surface area (Å²) >= 11 is 2.47. The number of β-lactam (4-membered cyclic amide) rings is 1. The Kier molecular flexibility index (Phi) is 9.26. The number of nitrogen functional groups attached to an aromatic ring is 1. The molecule has 0 aliphatic carbocycles. The van der Waals surface area contributed by atoms with Crippen molar-refractivity contribution in [1.82, 2.24) is 30.2 Å². The minimum Gasteiger partial charge on any atom is -0.543 e. The van der Waals surface area contributed by atoms with Crippen LogP contribution in [0, 0.1) is 0 Å². The third-order valence-corrected chi connectivity index (χ3v) is 10.8. The fourth-order valence-electron chi connectivity index (χ4n) is 6.39. The van der Waals surface area contributed by atoms with Gasteiger partial charge in [0, 0.05) is 60.2 Å². The number of nitrogens with zero attached hydrogens (tertiary/aromatic N) is 6. The van der Waals surface area contributed by atoms with Crippen LogP contribution in [-0.4, -0.2) is 86.2 Å². The predicted octanol–water partition coefficient (Wildman–Crippen LogP) is 0.211. The van der Waals surface area contributed by atoms with Crippen LogP contribution in [-0.2, 0) is 32.3 Å². The van der Waals surface area contributed by atoms with Crippen molar-refractivity contribution in [3.05, 3.63) is 88.3 Å². The van der Waals surface area contributed by atoms with Crippen molar-refractivity contribution in [3.8, 4) is 0 Å². The number of thiazole rings is 1. The van der Waals surface area contributed by atoms with E-state index in [9.17, 15) is 24.3 Å². The average molecular weight is 716 g/mol. The number of amides is 3. The molecular weight excluding hydrogens is 683 g/mol. The molecule has 17 heteroatoms. The van der Waals surface area contributed by atoms with Crippen molar-refractivity contribution in [2.45, 2.75) is 37.3 Å². The highest BCUT2D eigenvalue weighted by Gasteiger charge is 2.53. The van der Waals surface area contributed by atoms with E-state index >= 15 is 0 Å². The highest BCUT2D eigenvalue weighted by molar-refractivity contribution is 8.00. The van der Waals surface area contributed by atoms with E-state index in [1.807, 2.05) is 64.4 Å². The van der Waals surface area contributed by atoms with Gasteiger partial charge in [-0.25, -0.2) is 9.99 Å². The molecule has 2 atom stereocenters. The molecule has 7 rings (SSSR count). The molecule has 2 fully saturated rings. The summed E-state index contributed by atoms with van der Waals surface area (Å²) in [6.07, 6.45) is 5.98. The molecule has 0 unspecified atom stereocenters. The second kappa shape index (κ2) is 13.9. The SMILES string of the molecule is CO/N=C(\C(=O)N[C@@H]1C(=O)N2C(C(=O)[O-])=C(C[n+]3cccc4c3ccn4Cc3ccc(C(=O)NN4CCCC4)cc3)CS[C@H]12)c1csc(N)n1. The molecule has 0 bridgehead atoms. The van der Waals surface area contributed by atoms with E-state index in [1.54, 1.807) is 5.38 Å². The predicted molar refractivity (Wildman–Crippen MR) is 183 cm³/mol. The van der Waals surface area contributed by atoms with E-state index < -0.39 is 29.2 Å². The lowest BCUT2D eigenvalue weighted by molar-refractivity contribution is -0.663. The Morgan fingerprint density at radius 2 is 1.94 bits per heavy atom. The normalized spacial score (nSPS) is 19.3. The maximum atomic E-state index is 13.3. The molecule has 0 radical (unpaired) electrons. The molecule has 3 aromatic heterocycles. The van der Waals surface area contributed by atoms with Crippen LogP contribution >= 0.6 is 23.1 Å². The first-order valence-electron chi connectivity index (χ1n) is 15.9. The van der Waals surface area contributed by atoms with Gasteiger partial charge >= 0.3 is 0 Å². The van der Waals surface area contributed by atoms with Gasteiger partial charge in [-0.2, -0.15) is 4.57 Å². The molecule has 2 saturated heterocycles. The summed E-state index contributed by atoms with van der Waals surface area (Å²) in [7, 11) is 1.28. The number of benzene rings is 1. The van der Waals surface area contributed by atoms with E-state index in [-0.39, 0.29) is 34.7 Å². The van der Waals surface area contributed by atoms with E-state index in [0.717, 1.165) is 53.9 Å². The molecule has 3 aliphatic rings. The molecule has 3 amide bonds. The Labute approximate surface area is 294 Å². The number of hydrazine groups is 1. The maximum Gasteiger partial charge on any atom is 0.276 e. The number of aliphatic carboxylic acids is 1. The number of hydrogen-bond acceptors (Lipinski definition) is 12. The first kappa shape index (κ1) is 33.2. The summed E-state index contributed by atoms with van der Waals surface area (Å²) in [5.74, 6) is -2.56. The standard InChI is InChI=1S/C33H33N9O6S2/c1-48-38-25(22-18-50-33(34)35-22)29(44)36-26-30(45)42-27(32(46)47)21(17-49-31(26)42)16-39-11-4-5-23-24(39)10-14-40(23)15-19-6-8-20(9-7-19)28(43)37-41-12-2-3-13-41/h4-11,14,18,26,31H,2-3,12-13,15-17H2,1H3,(H4-,34,35,36,37,43,44,46,47)/b38-25-/t26-,31-/m1/s1. The lowest BCUT2D eigenvalue weighted by atomic mass is 10.0. The van der Waals surface area contributed by atoms with Crippen molar-refractivity contribution < 1.29 is 33.7 Å². The monoisotopic (exact) mass is 715 g/mol. The van der Waals surface area contributed by atoms with E-state index in [2.05, 4.69) is 25.4 Å². The van der Waals surface area contributed by atoms with Gasteiger partial charge in [-0.3, -0.25) is 24.7 Å². The van der Waals surface area contributed by atoms with Gasteiger partial charge in [-0.05, 0) is 36.6 Å². The Morgan fingerprint density at radius 3 is 2.64 bits per heavy atom. The first-order chi connectivity index (χ1) is 24.2. The minimum absolute atomic E-state index is 0.119. The van der Waals surface area contributed by atoms with Crippen LogP contribution in [0.4, 0.5) is 5.13 Å². The number of nitrogens with two attached hydrogens (primary N) is 1. The van der Waals surface area contributed by atoms with Crippen molar-refractivity contribution in [1.29, 1.82) is 0 Å². The summed E-state index contributed by atoms with van der Waals surface area (Å²) in [6.45, 7) is 2.50. The van der Waals surface area contributed by atoms with Crippen molar-refractivity contribution >= 4 is 68.7 Å². The van der Waals surface area contributed by atoms with Gasteiger partial charge in [-0.15, -0.1) is 23.1 Å². The first-order valence-corrected chi connectivity index (χ1v) is 17.8. The van der Waals surface area contributed by atoms with Crippen molar-refractivity contribution in [3.63, 3.8) is 0 Å². The van der Waals surface area contributed by atoms with Gasteiger partial charge in [0.2, 0.25) is 5.52 Å². The van der Waals surface area contributed by atoms with Gasteiger partial charge in [0.25, 0.3) is 17.7 Å². The van der Waals surface area contributed by atoms with Crippen LogP contribution in [0.15, 0.2) is 76.7 Å². The quantitative estimate of drug-likeness (QED) is 0.0838. The molecule has 15 nitrogen and oxygen atoms in total. The summed E-state index contributed by atoms with van der Waals surface area (Å²) in [5, 5.41) is 21.9. The summed E-state index contributed by atoms with van der Waals surface area (Å²) in [6, 6.07) is 12.4. The van der Waals surface area contributed by atoms with Crippen molar-refractivity contribution in [2.75, 3.05) is 31.7 Å². The Hall–Kier alpha value is -5.26. The molecule has 258 valence electrons. The zero-order valence-electron chi connectivity index (χ0n) is 26.9. The van der Waals surface area contributed by atoms with Crippen LogP contribution < -0.4 is 26.1 Å². The molecule has 4 N–H and O–H groups in total. The highest BCUT2D eigenvalue weighted by atomic mass is 32.2. The zero-order valence-corrected chi connectivity index (χ0v) is 28.5. The minimum atomic E-state index is -1.47. The van der Waals surface area contributed by atoms with Gasteiger partial charge in [-0.1, -0.05) is 17.3 Å². The van der Waals surface area contributed by atoms with Crippen LogP contribution in [0.25, 0.3) is 11.0 Å². The summed E-state index contributed by atoms with van der Waals surface area (Å²) in [5.41, 5.74) is 12.4. The average Bonchev–Trinajstić information content (AvgIpc) is 3.88. The Morgan fingerprint density at radius 1 is 1.16 bits per heavy atom. The number of carbonyl (C=O) groups is 4. The fourth-order valence-corrected chi connectivity index (χ4v) is 8.27. The Bertz CT molecular complexity index is 2050. The number of carbonyl (C=O) groups excluding carboxylic acids is 4. The lowest BCUT2D eigenvalue weighted by Gasteiger charge is -2.50. The molecule has 50 heavy (non-hydrogen) atoms. The number of anilines is 1. The molecule has 0 saturated carbocycles.